The van der Waals surface area contributed by atoms with Gasteiger partial charge in [0.1, 0.15) is 5.69 Å². The highest BCUT2D eigenvalue weighted by molar-refractivity contribution is 5.97. The molecule has 0 unspecified atom stereocenters. The topological polar surface area (TPSA) is 112 Å². The molecule has 1 fully saturated rings. The minimum absolute atomic E-state index is 0.0677. The minimum Gasteiger partial charge on any atom is -0.352 e. The van der Waals surface area contributed by atoms with Crippen LogP contribution in [0.1, 0.15) is 19.3 Å². The Labute approximate surface area is 177 Å². The normalized spacial score (nSPS) is 14.1. The van der Waals surface area contributed by atoms with Gasteiger partial charge in [0.05, 0.1) is 46.0 Å². The number of nitrogens with one attached hydrogen (secondary N) is 3. The fourth-order valence-corrected chi connectivity index (χ4v) is 3.93. The number of fused-ring (bicyclic) bond motifs is 2. The zero-order valence-corrected chi connectivity index (χ0v) is 16.6. The molecule has 1 aliphatic rings. The van der Waals surface area contributed by atoms with Crippen LogP contribution in [0.5, 0.6) is 0 Å². The SMILES string of the molecule is O=C(Nc1cncc(-c2cc3c(-c4cc5ncccc5[nH]4)n[nH]c3cn2)c1)C1CCC1. The second-order valence-corrected chi connectivity index (χ2v) is 7.89. The summed E-state index contributed by atoms with van der Waals surface area (Å²) in [5.74, 6) is 0.190. The smallest absolute Gasteiger partial charge is 0.227 e. The van der Waals surface area contributed by atoms with Crippen molar-refractivity contribution in [3.05, 3.63) is 55.1 Å². The first-order valence-corrected chi connectivity index (χ1v) is 10.3. The molecule has 0 atom stereocenters. The second-order valence-electron chi connectivity index (χ2n) is 7.89. The molecule has 5 heterocycles. The highest BCUT2D eigenvalue weighted by Gasteiger charge is 2.25. The van der Waals surface area contributed by atoms with Crippen LogP contribution in [0.15, 0.2) is 55.1 Å². The first-order valence-electron chi connectivity index (χ1n) is 10.3. The highest BCUT2D eigenvalue weighted by Crippen LogP contribution is 2.31. The molecule has 31 heavy (non-hydrogen) atoms. The molecule has 8 nitrogen and oxygen atoms in total. The molecular weight excluding hydrogens is 390 g/mol. The molecule has 0 aliphatic heterocycles. The number of anilines is 1. The Morgan fingerprint density at radius 1 is 1.06 bits per heavy atom. The molecule has 0 saturated heterocycles. The molecule has 0 bridgehead atoms. The third kappa shape index (κ3) is 3.13. The second kappa shape index (κ2) is 7.02. The molecule has 6 rings (SSSR count). The van der Waals surface area contributed by atoms with E-state index in [1.54, 1.807) is 24.8 Å². The number of rotatable bonds is 4. The van der Waals surface area contributed by atoms with Crippen molar-refractivity contribution >= 4 is 33.5 Å². The van der Waals surface area contributed by atoms with Gasteiger partial charge in [-0.25, -0.2) is 0 Å². The molecule has 1 amide bonds. The molecule has 5 aromatic rings. The van der Waals surface area contributed by atoms with E-state index in [1.807, 2.05) is 30.3 Å². The monoisotopic (exact) mass is 409 g/mol. The predicted molar refractivity (Wildman–Crippen MR) is 118 cm³/mol. The third-order valence-electron chi connectivity index (χ3n) is 5.87. The third-order valence-corrected chi connectivity index (χ3v) is 5.87. The molecule has 5 aromatic heterocycles. The Hall–Kier alpha value is -4.07. The van der Waals surface area contributed by atoms with Gasteiger partial charge in [-0.1, -0.05) is 6.42 Å². The summed E-state index contributed by atoms with van der Waals surface area (Å²) in [5.41, 5.74) is 6.66. The molecule has 1 aliphatic carbocycles. The highest BCUT2D eigenvalue weighted by atomic mass is 16.1. The van der Waals surface area contributed by atoms with Crippen molar-refractivity contribution in [2.75, 3.05) is 5.32 Å². The minimum atomic E-state index is 0.0677. The van der Waals surface area contributed by atoms with Crippen molar-refractivity contribution in [1.82, 2.24) is 30.1 Å². The lowest BCUT2D eigenvalue weighted by molar-refractivity contribution is -0.122. The quantitative estimate of drug-likeness (QED) is 0.410. The van der Waals surface area contributed by atoms with Crippen LogP contribution in [0, 0.1) is 5.92 Å². The van der Waals surface area contributed by atoms with Crippen molar-refractivity contribution in [3.8, 4) is 22.6 Å². The molecule has 0 spiro atoms. The zero-order valence-electron chi connectivity index (χ0n) is 16.6. The lowest BCUT2D eigenvalue weighted by Crippen LogP contribution is -2.28. The van der Waals surface area contributed by atoms with Crippen LogP contribution in [-0.2, 0) is 4.79 Å². The predicted octanol–water partition coefficient (Wildman–Crippen LogP) is 4.30. The molecule has 3 N–H and O–H groups in total. The van der Waals surface area contributed by atoms with E-state index in [1.165, 1.54) is 0 Å². The van der Waals surface area contributed by atoms with Gasteiger partial charge < -0.3 is 10.3 Å². The lowest BCUT2D eigenvalue weighted by Gasteiger charge is -2.24. The number of pyridine rings is 3. The number of nitrogens with zero attached hydrogens (tertiary/aromatic N) is 4. The van der Waals surface area contributed by atoms with Gasteiger partial charge in [0, 0.05) is 29.3 Å². The van der Waals surface area contributed by atoms with Crippen molar-refractivity contribution < 1.29 is 4.79 Å². The molecule has 0 radical (unpaired) electrons. The van der Waals surface area contributed by atoms with E-state index < -0.39 is 0 Å². The van der Waals surface area contributed by atoms with Gasteiger partial charge >= 0.3 is 0 Å². The summed E-state index contributed by atoms with van der Waals surface area (Å²) < 4.78 is 0. The molecule has 152 valence electrons. The van der Waals surface area contributed by atoms with Gasteiger partial charge in [0.15, 0.2) is 0 Å². The molecule has 8 heteroatoms. The number of carbonyl (C=O) groups is 1. The van der Waals surface area contributed by atoms with E-state index in [4.69, 9.17) is 0 Å². The maximum Gasteiger partial charge on any atom is 0.227 e. The van der Waals surface area contributed by atoms with Crippen molar-refractivity contribution in [2.24, 2.45) is 5.92 Å². The standard InChI is InChI=1S/C23H19N7O/c31-23(13-3-1-4-13)27-15-7-14(10-24-11-15)18-8-16-21(12-26-18)29-30-22(16)20-9-19-17(28-20)5-2-6-25-19/h2,5-13,28H,1,3-4H2,(H,27,31)(H,29,30). The fourth-order valence-electron chi connectivity index (χ4n) is 3.93. The summed E-state index contributed by atoms with van der Waals surface area (Å²) in [5, 5.41) is 11.5. The number of H-pyrrole nitrogens is 2. The maximum absolute atomic E-state index is 12.3. The van der Waals surface area contributed by atoms with Gasteiger partial charge in [0.25, 0.3) is 0 Å². The first-order chi connectivity index (χ1) is 15.2. The number of hydrogen-bond donors (Lipinski definition) is 3. The Balaban J connectivity index is 1.37. The van der Waals surface area contributed by atoms with Gasteiger partial charge in [0.2, 0.25) is 5.91 Å². The molecule has 1 saturated carbocycles. The van der Waals surface area contributed by atoms with Gasteiger partial charge in [-0.15, -0.1) is 0 Å². The maximum atomic E-state index is 12.3. The van der Waals surface area contributed by atoms with Gasteiger partial charge in [-0.2, -0.15) is 5.10 Å². The number of aromatic nitrogens is 6. The summed E-state index contributed by atoms with van der Waals surface area (Å²) >= 11 is 0. The van der Waals surface area contributed by atoms with Crippen molar-refractivity contribution in [2.45, 2.75) is 19.3 Å². The van der Waals surface area contributed by atoms with E-state index in [0.717, 1.165) is 63.8 Å². The average molecular weight is 409 g/mol. The zero-order chi connectivity index (χ0) is 20.8. The Morgan fingerprint density at radius 3 is 2.84 bits per heavy atom. The van der Waals surface area contributed by atoms with Gasteiger partial charge in [-0.05, 0) is 43.2 Å². The Kier molecular flexibility index (Phi) is 4.02. The lowest BCUT2D eigenvalue weighted by atomic mass is 9.85. The van der Waals surface area contributed by atoms with Crippen LogP contribution in [0.2, 0.25) is 0 Å². The van der Waals surface area contributed by atoms with Crippen LogP contribution in [0.25, 0.3) is 44.6 Å². The Morgan fingerprint density at radius 2 is 2.00 bits per heavy atom. The molecule has 0 aromatic carbocycles. The van der Waals surface area contributed by atoms with Crippen molar-refractivity contribution in [1.29, 1.82) is 0 Å². The summed E-state index contributed by atoms with van der Waals surface area (Å²) in [7, 11) is 0. The van der Waals surface area contributed by atoms with Crippen molar-refractivity contribution in [3.63, 3.8) is 0 Å². The largest absolute Gasteiger partial charge is 0.352 e. The molecular formula is C23H19N7O. The summed E-state index contributed by atoms with van der Waals surface area (Å²) in [4.78, 5) is 28.9. The number of amides is 1. The van der Waals surface area contributed by atoms with E-state index >= 15 is 0 Å². The van der Waals surface area contributed by atoms with Crippen LogP contribution in [0.3, 0.4) is 0 Å². The number of aromatic amines is 2. The fraction of sp³-hybridized carbons (Fsp3) is 0.174. The van der Waals surface area contributed by atoms with Crippen LogP contribution in [-0.4, -0.2) is 36.0 Å². The van der Waals surface area contributed by atoms with E-state index in [0.29, 0.717) is 5.69 Å². The summed E-state index contributed by atoms with van der Waals surface area (Å²) in [6, 6.07) is 9.77. The first kappa shape index (κ1) is 17.8. The van der Waals surface area contributed by atoms with Crippen LogP contribution in [0.4, 0.5) is 5.69 Å². The Bertz CT molecular complexity index is 1400. The van der Waals surface area contributed by atoms with E-state index in [9.17, 15) is 4.79 Å². The van der Waals surface area contributed by atoms with Gasteiger partial charge in [-0.3, -0.25) is 24.8 Å². The van der Waals surface area contributed by atoms with Crippen LogP contribution < -0.4 is 5.32 Å². The number of hydrogen-bond acceptors (Lipinski definition) is 5. The van der Waals surface area contributed by atoms with Crippen LogP contribution >= 0.6 is 0 Å². The van der Waals surface area contributed by atoms with E-state index in [-0.39, 0.29) is 11.8 Å². The summed E-state index contributed by atoms with van der Waals surface area (Å²) in [6.07, 6.45) is 10.0. The summed E-state index contributed by atoms with van der Waals surface area (Å²) in [6.45, 7) is 0. The average Bonchev–Trinajstić information content (AvgIpc) is 3.36. The van der Waals surface area contributed by atoms with E-state index in [2.05, 4.69) is 35.5 Å². The number of carbonyl (C=O) groups excluding carboxylic acids is 1.